The molecule has 0 bridgehead atoms. The van der Waals surface area contributed by atoms with Gasteiger partial charge in [-0.05, 0) is 56.8 Å². The molecule has 0 radical (unpaired) electrons. The molecule has 0 spiro atoms. The number of hydrogen-bond acceptors (Lipinski definition) is 3. The summed E-state index contributed by atoms with van der Waals surface area (Å²) in [5.41, 5.74) is 1.94. The Morgan fingerprint density at radius 2 is 1.75 bits per heavy atom. The van der Waals surface area contributed by atoms with Crippen LogP contribution >= 0.6 is 0 Å². The largest absolute Gasteiger partial charge is 0.371 e. The first-order valence-electron chi connectivity index (χ1n) is 7.88. The van der Waals surface area contributed by atoms with Gasteiger partial charge in [0.05, 0.1) is 0 Å². The van der Waals surface area contributed by atoms with Crippen LogP contribution in [-0.2, 0) is 0 Å². The van der Waals surface area contributed by atoms with Gasteiger partial charge in [-0.25, -0.2) is 0 Å². The molecule has 2 aliphatic heterocycles. The number of rotatable bonds is 4. The number of piperidine rings is 1. The summed E-state index contributed by atoms with van der Waals surface area (Å²) in [5, 5.41) is 0. The molecular formula is C17H24N2O. The van der Waals surface area contributed by atoms with Crippen LogP contribution in [0.15, 0.2) is 24.3 Å². The Kier molecular flexibility index (Phi) is 4.36. The highest BCUT2D eigenvalue weighted by Crippen LogP contribution is 2.26. The summed E-state index contributed by atoms with van der Waals surface area (Å²) < 4.78 is 0. The summed E-state index contributed by atoms with van der Waals surface area (Å²) >= 11 is 0. The summed E-state index contributed by atoms with van der Waals surface area (Å²) in [6.45, 7) is 6.05. The van der Waals surface area contributed by atoms with Crippen molar-refractivity contribution in [1.29, 1.82) is 0 Å². The maximum atomic E-state index is 11.1. The van der Waals surface area contributed by atoms with Crippen molar-refractivity contribution in [3.05, 3.63) is 29.8 Å². The third kappa shape index (κ3) is 3.04. The van der Waals surface area contributed by atoms with E-state index in [0.717, 1.165) is 36.5 Å². The van der Waals surface area contributed by atoms with Gasteiger partial charge in [-0.1, -0.05) is 12.1 Å². The van der Waals surface area contributed by atoms with Gasteiger partial charge in [0.2, 0.25) is 0 Å². The topological polar surface area (TPSA) is 23.6 Å². The lowest BCUT2D eigenvalue weighted by Gasteiger charge is -2.35. The molecule has 3 nitrogen and oxygen atoms in total. The van der Waals surface area contributed by atoms with Gasteiger partial charge in [-0.2, -0.15) is 0 Å². The van der Waals surface area contributed by atoms with E-state index in [1.165, 1.54) is 45.3 Å². The van der Waals surface area contributed by atoms with E-state index >= 15 is 0 Å². The zero-order chi connectivity index (χ0) is 13.8. The fourth-order valence-corrected chi connectivity index (χ4v) is 3.56. The third-order valence-electron chi connectivity index (χ3n) is 4.73. The smallest absolute Gasteiger partial charge is 0.152 e. The van der Waals surface area contributed by atoms with Crippen molar-refractivity contribution in [2.75, 3.05) is 37.6 Å². The average Bonchev–Trinajstić information content (AvgIpc) is 3.01. The maximum Gasteiger partial charge on any atom is 0.152 e. The predicted octanol–water partition coefficient (Wildman–Crippen LogP) is 2.81. The highest BCUT2D eigenvalue weighted by atomic mass is 16.1. The van der Waals surface area contributed by atoms with E-state index < -0.39 is 0 Å². The molecule has 2 saturated heterocycles. The predicted molar refractivity (Wildman–Crippen MR) is 82.4 cm³/mol. The molecular weight excluding hydrogens is 248 g/mol. The van der Waals surface area contributed by atoms with Gasteiger partial charge >= 0.3 is 0 Å². The van der Waals surface area contributed by atoms with Crippen LogP contribution in [0.1, 0.15) is 36.0 Å². The molecule has 0 aliphatic carbocycles. The van der Waals surface area contributed by atoms with E-state index in [2.05, 4.69) is 15.9 Å². The lowest BCUT2D eigenvalue weighted by Crippen LogP contribution is -2.38. The molecule has 0 N–H and O–H groups in total. The second kappa shape index (κ2) is 6.40. The van der Waals surface area contributed by atoms with E-state index in [0.29, 0.717) is 0 Å². The van der Waals surface area contributed by atoms with Crippen LogP contribution in [0, 0.1) is 5.92 Å². The second-order valence-corrected chi connectivity index (χ2v) is 6.11. The van der Waals surface area contributed by atoms with Crippen molar-refractivity contribution in [3.63, 3.8) is 0 Å². The molecule has 0 unspecified atom stereocenters. The minimum atomic E-state index is 0.825. The summed E-state index contributed by atoms with van der Waals surface area (Å²) in [5.74, 6) is 0.841. The first-order valence-corrected chi connectivity index (χ1v) is 7.88. The zero-order valence-electron chi connectivity index (χ0n) is 12.1. The number of carbonyl (C=O) groups is 1. The first-order chi connectivity index (χ1) is 9.86. The van der Waals surface area contributed by atoms with Crippen molar-refractivity contribution in [3.8, 4) is 0 Å². The van der Waals surface area contributed by atoms with Crippen LogP contribution < -0.4 is 4.90 Å². The van der Waals surface area contributed by atoms with Crippen LogP contribution in [-0.4, -0.2) is 43.9 Å². The second-order valence-electron chi connectivity index (χ2n) is 6.11. The molecule has 108 valence electrons. The highest BCUT2D eigenvalue weighted by Gasteiger charge is 2.23. The molecule has 2 aliphatic rings. The SMILES string of the molecule is O=Cc1ccccc1N1CCC(CN2CCCC2)CC1. The minimum absolute atomic E-state index is 0.825. The third-order valence-corrected chi connectivity index (χ3v) is 4.73. The van der Waals surface area contributed by atoms with Gasteiger partial charge < -0.3 is 9.80 Å². The highest BCUT2D eigenvalue weighted by molar-refractivity contribution is 5.84. The van der Waals surface area contributed by atoms with Crippen LogP contribution in [0.2, 0.25) is 0 Å². The Balaban J connectivity index is 1.56. The molecule has 2 heterocycles. The average molecular weight is 272 g/mol. The van der Waals surface area contributed by atoms with Gasteiger partial charge in [0, 0.05) is 30.9 Å². The summed E-state index contributed by atoms with van der Waals surface area (Å²) in [4.78, 5) is 16.1. The van der Waals surface area contributed by atoms with Crippen LogP contribution in [0.4, 0.5) is 5.69 Å². The van der Waals surface area contributed by atoms with Gasteiger partial charge in [-0.3, -0.25) is 4.79 Å². The normalized spacial score (nSPS) is 21.3. The maximum absolute atomic E-state index is 11.1. The van der Waals surface area contributed by atoms with E-state index in [1.807, 2.05) is 18.2 Å². The fourth-order valence-electron chi connectivity index (χ4n) is 3.56. The van der Waals surface area contributed by atoms with E-state index in [4.69, 9.17) is 0 Å². The van der Waals surface area contributed by atoms with Crippen molar-refractivity contribution >= 4 is 12.0 Å². The lowest BCUT2D eigenvalue weighted by molar-refractivity contribution is 0.112. The van der Waals surface area contributed by atoms with Crippen LogP contribution in [0.5, 0.6) is 0 Å². The van der Waals surface area contributed by atoms with Crippen molar-refractivity contribution in [2.24, 2.45) is 5.92 Å². The zero-order valence-corrected chi connectivity index (χ0v) is 12.1. The summed E-state index contributed by atoms with van der Waals surface area (Å²) in [6, 6.07) is 7.95. The Bertz CT molecular complexity index is 446. The van der Waals surface area contributed by atoms with Crippen LogP contribution in [0.3, 0.4) is 0 Å². The van der Waals surface area contributed by atoms with Gasteiger partial charge in [-0.15, -0.1) is 0 Å². The molecule has 0 aromatic heterocycles. The van der Waals surface area contributed by atoms with Crippen molar-refractivity contribution in [1.82, 2.24) is 4.90 Å². The molecule has 3 heteroatoms. The Morgan fingerprint density at radius 3 is 2.45 bits per heavy atom. The van der Waals surface area contributed by atoms with Crippen molar-refractivity contribution < 1.29 is 4.79 Å². The molecule has 0 saturated carbocycles. The molecule has 2 fully saturated rings. The first kappa shape index (κ1) is 13.6. The van der Waals surface area contributed by atoms with E-state index in [-0.39, 0.29) is 0 Å². The number of hydrogen-bond donors (Lipinski definition) is 0. The van der Waals surface area contributed by atoms with Gasteiger partial charge in [0.25, 0.3) is 0 Å². The van der Waals surface area contributed by atoms with E-state index in [1.54, 1.807) is 0 Å². The number of para-hydroxylation sites is 1. The summed E-state index contributed by atoms with van der Waals surface area (Å²) in [7, 11) is 0. The Hall–Kier alpha value is -1.35. The number of nitrogens with zero attached hydrogens (tertiary/aromatic N) is 2. The molecule has 20 heavy (non-hydrogen) atoms. The molecule has 3 rings (SSSR count). The molecule has 0 amide bonds. The molecule has 1 aromatic carbocycles. The van der Waals surface area contributed by atoms with Crippen LogP contribution in [0.25, 0.3) is 0 Å². The van der Waals surface area contributed by atoms with Gasteiger partial charge in [0.15, 0.2) is 6.29 Å². The standard InChI is InChI=1S/C17H24N2O/c20-14-16-5-1-2-6-17(16)19-11-7-15(8-12-19)13-18-9-3-4-10-18/h1-2,5-6,14-15H,3-4,7-13H2. The number of anilines is 1. The van der Waals surface area contributed by atoms with E-state index in [9.17, 15) is 4.79 Å². The van der Waals surface area contributed by atoms with Gasteiger partial charge in [0.1, 0.15) is 0 Å². The molecule has 1 aromatic rings. The number of likely N-dealkylation sites (tertiary alicyclic amines) is 1. The minimum Gasteiger partial charge on any atom is -0.371 e. The monoisotopic (exact) mass is 272 g/mol. The Labute approximate surface area is 121 Å². The quantitative estimate of drug-likeness (QED) is 0.787. The fraction of sp³-hybridized carbons (Fsp3) is 0.588. The van der Waals surface area contributed by atoms with Crippen molar-refractivity contribution in [2.45, 2.75) is 25.7 Å². The number of benzene rings is 1. The number of carbonyl (C=O) groups excluding carboxylic acids is 1. The Morgan fingerprint density at radius 1 is 1.05 bits per heavy atom. The molecule has 0 atom stereocenters. The summed E-state index contributed by atoms with van der Waals surface area (Å²) in [6.07, 6.45) is 6.25. The number of aldehydes is 1. The lowest BCUT2D eigenvalue weighted by atomic mass is 9.95.